The molecular formula is C29H34N6O6S2. The smallest absolute Gasteiger partial charge is 0.341 e. The number of nitrogens with zero attached hydrogens (tertiary/aromatic N) is 4. The molecule has 228 valence electrons. The first-order chi connectivity index (χ1) is 20.8. The summed E-state index contributed by atoms with van der Waals surface area (Å²) in [6, 6.07) is 5.55. The van der Waals surface area contributed by atoms with Gasteiger partial charge in [-0.05, 0) is 63.6 Å². The monoisotopic (exact) mass is 626 g/mol. The van der Waals surface area contributed by atoms with Gasteiger partial charge in [0, 0.05) is 28.6 Å². The quantitative estimate of drug-likeness (QED) is 0.122. The number of benzene rings is 1. The minimum Gasteiger partial charge on any atom is -0.462 e. The van der Waals surface area contributed by atoms with Crippen LogP contribution in [0.3, 0.4) is 0 Å². The van der Waals surface area contributed by atoms with E-state index in [-0.39, 0.29) is 36.7 Å². The number of carbonyl (C=O) groups excluding carboxylic acids is 3. The van der Waals surface area contributed by atoms with E-state index in [0.717, 1.165) is 61.8 Å². The summed E-state index contributed by atoms with van der Waals surface area (Å²) in [4.78, 5) is 50.4. The average Bonchev–Trinajstić information content (AvgIpc) is 3.71. The van der Waals surface area contributed by atoms with Gasteiger partial charge in [0.05, 0.1) is 28.9 Å². The van der Waals surface area contributed by atoms with Crippen LogP contribution < -0.4 is 10.6 Å². The van der Waals surface area contributed by atoms with Gasteiger partial charge in [0.15, 0.2) is 11.0 Å². The standard InChI is InChI=1S/C29H34N6O6S2/c1-3-41-28(38)24-21-10-7-11-22(21)43-27(24)31-25(36)17(2)42-29-33-32-23(34(29)19-8-5-4-6-9-19)16-30-26(37)18-12-14-20(15-13-18)35(39)40/h12-15,17,19H,3-11,16H2,1-2H3,(H,30,37)(H,31,36). The average molecular weight is 627 g/mol. The molecular weight excluding hydrogens is 592 g/mol. The number of hydrogen-bond acceptors (Lipinski definition) is 10. The minimum atomic E-state index is -0.541. The van der Waals surface area contributed by atoms with Crippen molar-refractivity contribution in [1.82, 2.24) is 20.1 Å². The summed E-state index contributed by atoms with van der Waals surface area (Å²) < 4.78 is 7.33. The van der Waals surface area contributed by atoms with Crippen LogP contribution in [-0.4, -0.2) is 49.3 Å². The second-order valence-electron chi connectivity index (χ2n) is 10.6. The van der Waals surface area contributed by atoms with Crippen molar-refractivity contribution in [2.75, 3.05) is 11.9 Å². The highest BCUT2D eigenvalue weighted by Gasteiger charge is 2.31. The van der Waals surface area contributed by atoms with Crippen LogP contribution in [0.5, 0.6) is 0 Å². The maximum atomic E-state index is 13.4. The van der Waals surface area contributed by atoms with Gasteiger partial charge in [-0.3, -0.25) is 19.7 Å². The van der Waals surface area contributed by atoms with Crippen molar-refractivity contribution >= 4 is 51.6 Å². The molecule has 3 aromatic rings. The number of rotatable bonds is 11. The van der Waals surface area contributed by atoms with E-state index in [1.165, 1.54) is 47.4 Å². The molecule has 1 saturated carbocycles. The van der Waals surface area contributed by atoms with E-state index in [9.17, 15) is 24.5 Å². The lowest BCUT2D eigenvalue weighted by molar-refractivity contribution is -0.384. The molecule has 0 saturated heterocycles. The molecule has 2 aromatic heterocycles. The van der Waals surface area contributed by atoms with Crippen molar-refractivity contribution in [3.8, 4) is 0 Å². The number of ether oxygens (including phenoxy) is 1. The number of fused-ring (bicyclic) bond motifs is 1. The Balaban J connectivity index is 1.30. The highest BCUT2D eigenvalue weighted by Crippen LogP contribution is 2.40. The van der Waals surface area contributed by atoms with Crippen LogP contribution in [0.4, 0.5) is 10.7 Å². The lowest BCUT2D eigenvalue weighted by Gasteiger charge is -2.26. The fourth-order valence-corrected chi connectivity index (χ4v) is 7.77. The number of carbonyl (C=O) groups is 3. The number of non-ortho nitro benzene ring substituents is 1. The van der Waals surface area contributed by atoms with Gasteiger partial charge in [-0.2, -0.15) is 0 Å². The number of nitro groups is 1. The number of aromatic nitrogens is 3. The number of hydrogen-bond donors (Lipinski definition) is 2. The van der Waals surface area contributed by atoms with Crippen LogP contribution in [0, 0.1) is 10.1 Å². The highest BCUT2D eigenvalue weighted by molar-refractivity contribution is 8.00. The first-order valence-corrected chi connectivity index (χ1v) is 16.2. The molecule has 0 spiro atoms. The number of anilines is 1. The molecule has 14 heteroatoms. The molecule has 5 rings (SSSR count). The molecule has 1 fully saturated rings. The molecule has 12 nitrogen and oxygen atoms in total. The lowest BCUT2D eigenvalue weighted by atomic mass is 9.95. The zero-order valence-electron chi connectivity index (χ0n) is 24.1. The van der Waals surface area contributed by atoms with E-state index in [0.29, 0.717) is 27.1 Å². The Bertz CT molecular complexity index is 1510. The molecule has 2 aliphatic carbocycles. The van der Waals surface area contributed by atoms with E-state index >= 15 is 0 Å². The zero-order chi connectivity index (χ0) is 30.5. The van der Waals surface area contributed by atoms with Crippen molar-refractivity contribution in [2.24, 2.45) is 0 Å². The number of nitrogens with one attached hydrogen (secondary N) is 2. The Kier molecular flexibility index (Phi) is 9.76. The third kappa shape index (κ3) is 6.90. The number of amides is 2. The van der Waals surface area contributed by atoms with Gasteiger partial charge in [-0.1, -0.05) is 31.0 Å². The largest absolute Gasteiger partial charge is 0.462 e. The molecule has 0 radical (unpaired) electrons. The lowest BCUT2D eigenvalue weighted by Crippen LogP contribution is -2.27. The van der Waals surface area contributed by atoms with E-state index in [1.807, 2.05) is 4.57 Å². The van der Waals surface area contributed by atoms with Gasteiger partial charge < -0.3 is 19.9 Å². The predicted octanol–water partition coefficient (Wildman–Crippen LogP) is 5.47. The molecule has 2 heterocycles. The summed E-state index contributed by atoms with van der Waals surface area (Å²) in [5.41, 5.74) is 1.67. The van der Waals surface area contributed by atoms with Crippen molar-refractivity contribution < 1.29 is 24.0 Å². The minimum absolute atomic E-state index is 0.0892. The molecule has 0 aliphatic heterocycles. The van der Waals surface area contributed by atoms with E-state index in [1.54, 1.807) is 13.8 Å². The van der Waals surface area contributed by atoms with E-state index in [4.69, 9.17) is 4.74 Å². The first-order valence-electron chi connectivity index (χ1n) is 14.5. The van der Waals surface area contributed by atoms with Gasteiger partial charge in [0.25, 0.3) is 11.6 Å². The Labute approximate surface area is 257 Å². The Morgan fingerprint density at radius 1 is 1.14 bits per heavy atom. The van der Waals surface area contributed by atoms with Crippen molar-refractivity contribution in [1.29, 1.82) is 0 Å². The molecule has 2 amide bonds. The Morgan fingerprint density at radius 2 is 1.88 bits per heavy atom. The second kappa shape index (κ2) is 13.7. The third-order valence-electron chi connectivity index (χ3n) is 7.71. The number of thiophene rings is 1. The summed E-state index contributed by atoms with van der Waals surface area (Å²) >= 11 is 2.74. The molecule has 2 N–H and O–H groups in total. The Hall–Kier alpha value is -3.78. The van der Waals surface area contributed by atoms with Gasteiger partial charge in [-0.25, -0.2) is 4.79 Å². The van der Waals surface area contributed by atoms with Crippen LogP contribution in [0.25, 0.3) is 0 Å². The SMILES string of the molecule is CCOC(=O)c1c(NC(=O)C(C)Sc2nnc(CNC(=O)c3ccc([N+](=O)[O-])cc3)n2C2CCCCC2)sc2c1CCC2. The zero-order valence-corrected chi connectivity index (χ0v) is 25.7. The summed E-state index contributed by atoms with van der Waals surface area (Å²) in [7, 11) is 0. The van der Waals surface area contributed by atoms with Crippen molar-refractivity contribution in [3.05, 3.63) is 61.8 Å². The normalized spacial score (nSPS) is 15.5. The fourth-order valence-electron chi connectivity index (χ4n) is 5.55. The number of nitro benzene ring substituents is 1. The topological polar surface area (TPSA) is 158 Å². The second-order valence-corrected chi connectivity index (χ2v) is 13.0. The number of aryl methyl sites for hydroxylation is 1. The van der Waals surface area contributed by atoms with Gasteiger partial charge in [0.2, 0.25) is 5.91 Å². The van der Waals surface area contributed by atoms with Crippen LogP contribution in [0.15, 0.2) is 29.4 Å². The first kappa shape index (κ1) is 30.7. The molecule has 0 bridgehead atoms. The van der Waals surface area contributed by atoms with Crippen molar-refractivity contribution in [2.45, 2.75) is 88.2 Å². The van der Waals surface area contributed by atoms with Crippen LogP contribution >= 0.6 is 23.1 Å². The summed E-state index contributed by atoms with van der Waals surface area (Å²) in [5, 5.41) is 26.1. The highest BCUT2D eigenvalue weighted by atomic mass is 32.2. The van der Waals surface area contributed by atoms with E-state index < -0.39 is 16.1 Å². The molecule has 1 atom stereocenters. The van der Waals surface area contributed by atoms with Crippen LogP contribution in [0.1, 0.15) is 95.4 Å². The van der Waals surface area contributed by atoms with Crippen LogP contribution in [-0.2, 0) is 28.9 Å². The molecule has 43 heavy (non-hydrogen) atoms. The van der Waals surface area contributed by atoms with E-state index in [2.05, 4.69) is 20.8 Å². The summed E-state index contributed by atoms with van der Waals surface area (Å²) in [6.07, 6.45) is 7.85. The molecule has 2 aliphatic rings. The van der Waals surface area contributed by atoms with Gasteiger partial charge in [-0.15, -0.1) is 21.5 Å². The van der Waals surface area contributed by atoms with Crippen molar-refractivity contribution in [3.63, 3.8) is 0 Å². The third-order valence-corrected chi connectivity index (χ3v) is 9.98. The molecule has 1 aromatic carbocycles. The fraction of sp³-hybridized carbons (Fsp3) is 0.483. The predicted molar refractivity (Wildman–Crippen MR) is 163 cm³/mol. The number of thioether (sulfide) groups is 1. The van der Waals surface area contributed by atoms with Gasteiger partial charge in [0.1, 0.15) is 5.00 Å². The maximum absolute atomic E-state index is 13.4. The van der Waals surface area contributed by atoms with Crippen LogP contribution in [0.2, 0.25) is 0 Å². The summed E-state index contributed by atoms with van der Waals surface area (Å²) in [6.45, 7) is 3.93. The maximum Gasteiger partial charge on any atom is 0.341 e. The van der Waals surface area contributed by atoms with Gasteiger partial charge >= 0.3 is 5.97 Å². The molecule has 1 unspecified atom stereocenters. The number of esters is 1. The summed E-state index contributed by atoms with van der Waals surface area (Å²) in [5.74, 6) is -0.455. The Morgan fingerprint density at radius 3 is 2.58 bits per heavy atom.